The summed E-state index contributed by atoms with van der Waals surface area (Å²) in [5.74, 6) is 0.223. The smallest absolute Gasteiger partial charge is 0.165 e. The van der Waals surface area contributed by atoms with Crippen molar-refractivity contribution in [2.45, 2.75) is 12.8 Å². The average Bonchev–Trinajstić information content (AvgIpc) is 2.06. The maximum absolute atomic E-state index is 12.9. The van der Waals surface area contributed by atoms with Gasteiger partial charge in [-0.05, 0) is 24.5 Å². The van der Waals surface area contributed by atoms with Gasteiger partial charge in [0.1, 0.15) is 0 Å². The zero-order valence-corrected chi connectivity index (χ0v) is 6.14. The number of ether oxygens (including phenoxy) is 1. The number of rotatable bonds is 0. The molecule has 0 N–H and O–H groups in total. The van der Waals surface area contributed by atoms with Crippen molar-refractivity contribution in [3.8, 4) is 5.75 Å². The van der Waals surface area contributed by atoms with Gasteiger partial charge in [0, 0.05) is 0 Å². The Morgan fingerprint density at radius 2 is 2.27 bits per heavy atom. The molecule has 2 heteroatoms. The van der Waals surface area contributed by atoms with Gasteiger partial charge in [-0.2, -0.15) is 0 Å². The fraction of sp³-hybridized carbons (Fsp3) is 0.333. The maximum Gasteiger partial charge on any atom is 0.165 e. The molecule has 0 aromatic heterocycles. The van der Waals surface area contributed by atoms with Crippen LogP contribution in [0, 0.1) is 5.82 Å². The summed E-state index contributed by atoms with van der Waals surface area (Å²) in [6.07, 6.45) is 1.93. The van der Waals surface area contributed by atoms with Crippen LogP contribution in [0.4, 0.5) is 4.39 Å². The van der Waals surface area contributed by atoms with E-state index in [0.717, 1.165) is 18.4 Å². The highest BCUT2D eigenvalue weighted by molar-refractivity contribution is 5.36. The summed E-state index contributed by atoms with van der Waals surface area (Å²) in [6.45, 7) is 0.647. The van der Waals surface area contributed by atoms with Crippen LogP contribution in [0.1, 0.15) is 12.0 Å². The van der Waals surface area contributed by atoms with Crippen molar-refractivity contribution >= 4 is 0 Å². The summed E-state index contributed by atoms with van der Waals surface area (Å²) < 4.78 is 18.1. The first-order valence-corrected chi connectivity index (χ1v) is 3.78. The van der Waals surface area contributed by atoms with E-state index in [1.165, 1.54) is 6.07 Å². The molecule has 0 saturated heterocycles. The van der Waals surface area contributed by atoms with Crippen molar-refractivity contribution in [3.63, 3.8) is 0 Å². The minimum Gasteiger partial charge on any atom is -0.490 e. The molecule has 1 aliphatic rings. The number of hydrogen-bond acceptors (Lipinski definition) is 1. The van der Waals surface area contributed by atoms with Crippen LogP contribution < -0.4 is 4.74 Å². The summed E-state index contributed by atoms with van der Waals surface area (Å²) in [5.41, 5.74) is 0.997. The Labute approximate surface area is 64.8 Å². The predicted octanol–water partition coefficient (Wildman–Crippen LogP) is 2.15. The van der Waals surface area contributed by atoms with Gasteiger partial charge in [-0.15, -0.1) is 0 Å². The lowest BCUT2D eigenvalue weighted by molar-refractivity contribution is 0.273. The summed E-state index contributed by atoms with van der Waals surface area (Å²) in [6, 6.07) is 5.07. The Kier molecular flexibility index (Phi) is 1.53. The van der Waals surface area contributed by atoms with E-state index in [1.54, 1.807) is 6.07 Å². The van der Waals surface area contributed by atoms with Crippen LogP contribution in [0.3, 0.4) is 0 Å². The van der Waals surface area contributed by atoms with Crippen LogP contribution in [-0.2, 0) is 6.42 Å². The Morgan fingerprint density at radius 1 is 1.36 bits per heavy atom. The summed E-state index contributed by atoms with van der Waals surface area (Å²) in [5, 5.41) is 0. The van der Waals surface area contributed by atoms with Gasteiger partial charge >= 0.3 is 0 Å². The van der Waals surface area contributed by atoms with Crippen molar-refractivity contribution in [1.29, 1.82) is 0 Å². The molecule has 11 heavy (non-hydrogen) atoms. The van der Waals surface area contributed by atoms with E-state index in [1.807, 2.05) is 6.07 Å². The molecule has 0 aliphatic carbocycles. The quantitative estimate of drug-likeness (QED) is 0.553. The molecule has 1 heterocycles. The van der Waals surface area contributed by atoms with Gasteiger partial charge in [-0.1, -0.05) is 12.1 Å². The molecule has 1 aromatic carbocycles. The Hall–Kier alpha value is -1.05. The summed E-state index contributed by atoms with van der Waals surface area (Å²) in [4.78, 5) is 0. The average molecular weight is 152 g/mol. The molecule has 0 bridgehead atoms. The highest BCUT2D eigenvalue weighted by Gasteiger charge is 2.13. The second kappa shape index (κ2) is 2.53. The number of fused-ring (bicyclic) bond motifs is 1. The Balaban J connectivity index is 2.49. The molecule has 0 amide bonds. The zero-order chi connectivity index (χ0) is 7.68. The Bertz CT molecular complexity index is 270. The van der Waals surface area contributed by atoms with Crippen LogP contribution in [0.5, 0.6) is 5.75 Å². The number of halogens is 1. The van der Waals surface area contributed by atoms with E-state index in [4.69, 9.17) is 4.74 Å². The third-order valence-electron chi connectivity index (χ3n) is 1.89. The molecule has 0 fully saturated rings. The first-order chi connectivity index (χ1) is 5.38. The molecule has 0 unspecified atom stereocenters. The fourth-order valence-corrected chi connectivity index (χ4v) is 1.35. The van der Waals surface area contributed by atoms with Gasteiger partial charge in [-0.3, -0.25) is 0 Å². The van der Waals surface area contributed by atoms with E-state index in [2.05, 4.69) is 0 Å². The lowest BCUT2D eigenvalue weighted by Gasteiger charge is -2.16. The van der Waals surface area contributed by atoms with E-state index in [0.29, 0.717) is 12.4 Å². The number of para-hydroxylation sites is 1. The van der Waals surface area contributed by atoms with Crippen LogP contribution >= 0.6 is 0 Å². The molecule has 0 saturated carbocycles. The summed E-state index contributed by atoms with van der Waals surface area (Å²) >= 11 is 0. The van der Waals surface area contributed by atoms with Crippen molar-refractivity contribution < 1.29 is 9.13 Å². The van der Waals surface area contributed by atoms with Crippen LogP contribution in [0.15, 0.2) is 18.2 Å². The standard InChI is InChI=1S/C9H9FO/c10-8-5-1-3-7-4-2-6-11-9(7)8/h1,3,5H,2,4,6H2. The zero-order valence-electron chi connectivity index (χ0n) is 6.14. The largest absolute Gasteiger partial charge is 0.490 e. The van der Waals surface area contributed by atoms with E-state index < -0.39 is 0 Å². The topological polar surface area (TPSA) is 9.23 Å². The number of benzene rings is 1. The molecule has 1 aromatic rings. The van der Waals surface area contributed by atoms with Crippen LogP contribution in [-0.4, -0.2) is 6.61 Å². The first-order valence-electron chi connectivity index (χ1n) is 3.78. The molecule has 0 spiro atoms. The third kappa shape index (κ3) is 1.09. The van der Waals surface area contributed by atoms with Crippen LogP contribution in [0.2, 0.25) is 0 Å². The van der Waals surface area contributed by atoms with E-state index >= 15 is 0 Å². The molecule has 2 rings (SSSR count). The lowest BCUT2D eigenvalue weighted by Crippen LogP contribution is -2.09. The molecule has 1 nitrogen and oxygen atoms in total. The monoisotopic (exact) mass is 152 g/mol. The van der Waals surface area contributed by atoms with Crippen molar-refractivity contribution in [1.82, 2.24) is 0 Å². The minimum atomic E-state index is -0.234. The van der Waals surface area contributed by atoms with E-state index in [-0.39, 0.29) is 5.82 Å². The van der Waals surface area contributed by atoms with Gasteiger partial charge in [0.05, 0.1) is 6.61 Å². The predicted molar refractivity (Wildman–Crippen MR) is 40.2 cm³/mol. The third-order valence-corrected chi connectivity index (χ3v) is 1.89. The second-order valence-electron chi connectivity index (χ2n) is 2.68. The van der Waals surface area contributed by atoms with Gasteiger partial charge in [0.15, 0.2) is 11.6 Å². The molecule has 58 valence electrons. The SMILES string of the molecule is Fc1cccc2c1OCCC2. The normalized spacial score (nSPS) is 15.4. The number of aryl methyl sites for hydroxylation is 1. The fourth-order valence-electron chi connectivity index (χ4n) is 1.35. The highest BCUT2D eigenvalue weighted by atomic mass is 19.1. The van der Waals surface area contributed by atoms with Gasteiger partial charge < -0.3 is 4.74 Å². The Morgan fingerprint density at radius 3 is 3.09 bits per heavy atom. The second-order valence-corrected chi connectivity index (χ2v) is 2.68. The van der Waals surface area contributed by atoms with Crippen molar-refractivity contribution in [2.75, 3.05) is 6.61 Å². The van der Waals surface area contributed by atoms with Crippen LogP contribution in [0.25, 0.3) is 0 Å². The molecule has 0 atom stereocenters. The van der Waals surface area contributed by atoms with Gasteiger partial charge in [0.25, 0.3) is 0 Å². The minimum absolute atomic E-state index is 0.234. The molecular weight excluding hydrogens is 143 g/mol. The van der Waals surface area contributed by atoms with Gasteiger partial charge in [0.2, 0.25) is 0 Å². The molecule has 1 aliphatic heterocycles. The molecule has 0 radical (unpaired) electrons. The summed E-state index contributed by atoms with van der Waals surface area (Å²) in [7, 11) is 0. The highest BCUT2D eigenvalue weighted by Crippen LogP contribution is 2.26. The first kappa shape index (κ1) is 6.65. The number of hydrogen-bond donors (Lipinski definition) is 0. The van der Waals surface area contributed by atoms with Crippen molar-refractivity contribution in [3.05, 3.63) is 29.6 Å². The molecular formula is C9H9FO. The van der Waals surface area contributed by atoms with Gasteiger partial charge in [-0.25, -0.2) is 4.39 Å². The maximum atomic E-state index is 12.9. The van der Waals surface area contributed by atoms with E-state index in [9.17, 15) is 4.39 Å². The van der Waals surface area contributed by atoms with Crippen molar-refractivity contribution in [2.24, 2.45) is 0 Å². The lowest BCUT2D eigenvalue weighted by atomic mass is 10.1.